The molecule has 0 spiro atoms. The van der Waals surface area contributed by atoms with Gasteiger partial charge in [0.25, 0.3) is 5.91 Å². The highest BCUT2D eigenvalue weighted by Crippen LogP contribution is 2.31. The number of carbonyl (C=O) groups is 2. The van der Waals surface area contributed by atoms with Crippen molar-refractivity contribution in [1.82, 2.24) is 5.32 Å². The van der Waals surface area contributed by atoms with Gasteiger partial charge >= 0.3 is 12.1 Å². The number of halogens is 3. The minimum atomic E-state index is -4.60. The fourth-order valence-corrected chi connectivity index (χ4v) is 1.86. The number of carboxylic acid groups (broad SMARTS) is 1. The molecule has 0 aliphatic heterocycles. The largest absolute Gasteiger partial charge is 0.481 e. The van der Waals surface area contributed by atoms with E-state index in [1.165, 1.54) is 12.1 Å². The first-order chi connectivity index (χ1) is 9.71. The standard InChI is InChI=1S/C14H16F3NO3/c1-9(5-4-8-12(19)20)18-13(21)10-6-2-3-7-11(10)14(15,16)17/h2-3,6-7,9H,4-5,8H2,1H3,(H,18,21)(H,19,20). The van der Waals surface area contributed by atoms with Crippen molar-refractivity contribution in [3.8, 4) is 0 Å². The first-order valence-corrected chi connectivity index (χ1v) is 6.40. The summed E-state index contributed by atoms with van der Waals surface area (Å²) >= 11 is 0. The molecule has 0 bridgehead atoms. The third-order valence-corrected chi connectivity index (χ3v) is 2.88. The van der Waals surface area contributed by atoms with E-state index in [2.05, 4.69) is 5.32 Å². The molecule has 7 heteroatoms. The van der Waals surface area contributed by atoms with Gasteiger partial charge in [-0.3, -0.25) is 9.59 Å². The molecule has 21 heavy (non-hydrogen) atoms. The lowest BCUT2D eigenvalue weighted by atomic mass is 10.1. The molecule has 0 heterocycles. The smallest absolute Gasteiger partial charge is 0.417 e. The second-order valence-corrected chi connectivity index (χ2v) is 4.70. The van der Waals surface area contributed by atoms with Gasteiger partial charge in [-0.1, -0.05) is 12.1 Å². The van der Waals surface area contributed by atoms with Crippen molar-refractivity contribution < 1.29 is 27.9 Å². The number of rotatable bonds is 6. The van der Waals surface area contributed by atoms with Gasteiger partial charge in [0.2, 0.25) is 0 Å². The Labute approximate surface area is 120 Å². The minimum absolute atomic E-state index is 0.0423. The average molecular weight is 303 g/mol. The molecule has 116 valence electrons. The Bertz CT molecular complexity index is 514. The maximum absolute atomic E-state index is 12.8. The normalized spacial score (nSPS) is 12.8. The Morgan fingerprint density at radius 2 is 1.90 bits per heavy atom. The molecule has 0 aliphatic carbocycles. The van der Waals surface area contributed by atoms with Crippen LogP contribution in [0.4, 0.5) is 13.2 Å². The van der Waals surface area contributed by atoms with Crippen LogP contribution in [0, 0.1) is 0 Å². The lowest BCUT2D eigenvalue weighted by Crippen LogP contribution is -2.34. The van der Waals surface area contributed by atoms with E-state index < -0.39 is 35.2 Å². The summed E-state index contributed by atoms with van der Waals surface area (Å²) in [6.45, 7) is 1.62. The van der Waals surface area contributed by atoms with Crippen LogP contribution in [0.3, 0.4) is 0 Å². The summed E-state index contributed by atoms with van der Waals surface area (Å²) in [7, 11) is 0. The Balaban J connectivity index is 2.70. The number of amides is 1. The van der Waals surface area contributed by atoms with Gasteiger partial charge in [-0.15, -0.1) is 0 Å². The summed E-state index contributed by atoms with van der Waals surface area (Å²) in [5, 5.41) is 11.0. The maximum Gasteiger partial charge on any atom is 0.417 e. The van der Waals surface area contributed by atoms with Gasteiger partial charge in [-0.2, -0.15) is 13.2 Å². The Morgan fingerprint density at radius 3 is 2.48 bits per heavy atom. The SMILES string of the molecule is CC(CCCC(=O)O)NC(=O)c1ccccc1C(F)(F)F. The van der Waals surface area contributed by atoms with Crippen molar-refractivity contribution in [1.29, 1.82) is 0 Å². The van der Waals surface area contributed by atoms with Crippen LogP contribution in [-0.2, 0) is 11.0 Å². The van der Waals surface area contributed by atoms with Crippen molar-refractivity contribution in [3.05, 3.63) is 35.4 Å². The lowest BCUT2D eigenvalue weighted by Gasteiger charge is -2.16. The molecule has 1 aromatic rings. The summed E-state index contributed by atoms with van der Waals surface area (Å²) in [5.74, 6) is -1.76. The Kier molecular flexibility index (Phi) is 5.75. The fourth-order valence-electron chi connectivity index (χ4n) is 1.86. The molecule has 1 amide bonds. The quantitative estimate of drug-likeness (QED) is 0.848. The van der Waals surface area contributed by atoms with E-state index in [0.717, 1.165) is 12.1 Å². The molecule has 0 aromatic heterocycles. The monoisotopic (exact) mass is 303 g/mol. The number of carboxylic acids is 1. The van der Waals surface area contributed by atoms with E-state index >= 15 is 0 Å². The number of alkyl halides is 3. The van der Waals surface area contributed by atoms with E-state index in [4.69, 9.17) is 5.11 Å². The summed E-state index contributed by atoms with van der Waals surface area (Å²) in [4.78, 5) is 22.3. The Morgan fingerprint density at radius 1 is 1.29 bits per heavy atom. The van der Waals surface area contributed by atoms with E-state index in [1.807, 2.05) is 0 Å². The second-order valence-electron chi connectivity index (χ2n) is 4.70. The topological polar surface area (TPSA) is 66.4 Å². The summed E-state index contributed by atoms with van der Waals surface area (Å²) in [6.07, 6.45) is -3.91. The summed E-state index contributed by atoms with van der Waals surface area (Å²) in [5.41, 5.74) is -1.42. The molecule has 0 fully saturated rings. The van der Waals surface area contributed by atoms with Gasteiger partial charge in [0.05, 0.1) is 11.1 Å². The predicted octanol–water partition coefficient (Wildman–Crippen LogP) is 3.08. The van der Waals surface area contributed by atoms with Gasteiger partial charge < -0.3 is 10.4 Å². The van der Waals surface area contributed by atoms with Crippen LogP contribution in [-0.4, -0.2) is 23.0 Å². The molecule has 2 N–H and O–H groups in total. The zero-order chi connectivity index (χ0) is 16.0. The minimum Gasteiger partial charge on any atom is -0.481 e. The van der Waals surface area contributed by atoms with E-state index in [0.29, 0.717) is 12.8 Å². The van der Waals surface area contributed by atoms with Gasteiger partial charge in [-0.25, -0.2) is 0 Å². The van der Waals surface area contributed by atoms with E-state index in [1.54, 1.807) is 6.92 Å². The number of hydrogen-bond donors (Lipinski definition) is 2. The van der Waals surface area contributed by atoms with Crippen molar-refractivity contribution in [2.24, 2.45) is 0 Å². The number of aliphatic carboxylic acids is 1. The highest BCUT2D eigenvalue weighted by Gasteiger charge is 2.34. The van der Waals surface area contributed by atoms with Gasteiger partial charge in [0, 0.05) is 12.5 Å². The Hall–Kier alpha value is -2.05. The number of nitrogens with one attached hydrogen (secondary N) is 1. The third kappa shape index (κ3) is 5.45. The molecule has 1 atom stereocenters. The molecular formula is C14H16F3NO3. The van der Waals surface area contributed by atoms with Crippen LogP contribution in [0.1, 0.15) is 42.1 Å². The molecular weight excluding hydrogens is 287 g/mol. The molecule has 0 radical (unpaired) electrons. The number of hydrogen-bond acceptors (Lipinski definition) is 2. The predicted molar refractivity (Wildman–Crippen MR) is 69.9 cm³/mol. The highest BCUT2D eigenvalue weighted by atomic mass is 19.4. The van der Waals surface area contributed by atoms with Crippen LogP contribution in [0.5, 0.6) is 0 Å². The van der Waals surface area contributed by atoms with E-state index in [-0.39, 0.29) is 6.42 Å². The van der Waals surface area contributed by atoms with Gasteiger partial charge in [0.15, 0.2) is 0 Å². The molecule has 1 rings (SSSR count). The van der Waals surface area contributed by atoms with Gasteiger partial charge in [0.1, 0.15) is 0 Å². The summed E-state index contributed by atoms with van der Waals surface area (Å²) in [6, 6.07) is 4.14. The zero-order valence-corrected chi connectivity index (χ0v) is 11.4. The van der Waals surface area contributed by atoms with Crippen LogP contribution in [0.15, 0.2) is 24.3 Å². The first-order valence-electron chi connectivity index (χ1n) is 6.40. The van der Waals surface area contributed by atoms with Crippen molar-refractivity contribution in [2.45, 2.75) is 38.4 Å². The third-order valence-electron chi connectivity index (χ3n) is 2.88. The molecule has 0 saturated carbocycles. The molecule has 0 aliphatic rings. The van der Waals surface area contributed by atoms with Gasteiger partial charge in [-0.05, 0) is 31.9 Å². The zero-order valence-electron chi connectivity index (χ0n) is 11.4. The lowest BCUT2D eigenvalue weighted by molar-refractivity contribution is -0.138. The molecule has 1 aromatic carbocycles. The van der Waals surface area contributed by atoms with Crippen molar-refractivity contribution in [2.75, 3.05) is 0 Å². The summed E-state index contributed by atoms with van der Waals surface area (Å²) < 4.78 is 38.4. The van der Waals surface area contributed by atoms with E-state index in [9.17, 15) is 22.8 Å². The first kappa shape index (κ1) is 17.0. The molecule has 0 saturated heterocycles. The number of benzene rings is 1. The highest BCUT2D eigenvalue weighted by molar-refractivity contribution is 5.96. The fraction of sp³-hybridized carbons (Fsp3) is 0.429. The number of carbonyl (C=O) groups excluding carboxylic acids is 1. The van der Waals surface area contributed by atoms with Crippen LogP contribution in [0.2, 0.25) is 0 Å². The van der Waals surface area contributed by atoms with Crippen molar-refractivity contribution in [3.63, 3.8) is 0 Å². The van der Waals surface area contributed by atoms with Crippen LogP contribution in [0.25, 0.3) is 0 Å². The maximum atomic E-state index is 12.8. The van der Waals surface area contributed by atoms with Crippen LogP contribution < -0.4 is 5.32 Å². The molecule has 4 nitrogen and oxygen atoms in total. The van der Waals surface area contributed by atoms with Crippen LogP contribution >= 0.6 is 0 Å². The average Bonchev–Trinajstić information content (AvgIpc) is 2.37. The second kappa shape index (κ2) is 7.10. The molecule has 1 unspecified atom stereocenters. The van der Waals surface area contributed by atoms with Crippen molar-refractivity contribution >= 4 is 11.9 Å².